The Morgan fingerprint density at radius 2 is 2.04 bits per heavy atom. The van der Waals surface area contributed by atoms with E-state index in [4.69, 9.17) is 4.74 Å². The number of likely N-dealkylation sites (tertiary alicyclic amines) is 1. The second kappa shape index (κ2) is 6.54. The van der Waals surface area contributed by atoms with Gasteiger partial charge in [0.2, 0.25) is 0 Å². The molecule has 0 spiro atoms. The first kappa shape index (κ1) is 16.4. The Balaban J connectivity index is 1.84. The lowest BCUT2D eigenvalue weighted by Crippen LogP contribution is -2.57. The summed E-state index contributed by atoms with van der Waals surface area (Å²) in [5.41, 5.74) is 0. The van der Waals surface area contributed by atoms with Gasteiger partial charge in [-0.25, -0.2) is 4.79 Å². The van der Waals surface area contributed by atoms with E-state index in [1.807, 2.05) is 0 Å². The van der Waals surface area contributed by atoms with Crippen LogP contribution in [0.1, 0.15) is 19.3 Å². The predicted octanol–water partition coefficient (Wildman–Crippen LogP) is 0.233. The SMILES string of the molecule is COC1=CC=NC2=[N+](C)C(=O)N(CC(=O)N3CCCCC3)C(=O)C12. The fourth-order valence-electron chi connectivity index (χ4n) is 3.24. The Kier molecular flexibility index (Phi) is 4.46. The van der Waals surface area contributed by atoms with Crippen LogP contribution in [0.3, 0.4) is 0 Å². The number of aliphatic imine (C=N–C) groups is 1. The quantitative estimate of drug-likeness (QED) is 0.693. The number of hydrogen-bond donors (Lipinski definition) is 0. The summed E-state index contributed by atoms with van der Waals surface area (Å²) >= 11 is 0. The molecular formula is C16H21N4O4+. The predicted molar refractivity (Wildman–Crippen MR) is 85.8 cm³/mol. The lowest BCUT2D eigenvalue weighted by molar-refractivity contribution is -0.408. The van der Waals surface area contributed by atoms with E-state index in [1.54, 1.807) is 18.0 Å². The molecule has 0 saturated carbocycles. The summed E-state index contributed by atoms with van der Waals surface area (Å²) in [6, 6.07) is -0.536. The van der Waals surface area contributed by atoms with E-state index in [0.29, 0.717) is 24.7 Å². The number of hydrogen-bond acceptors (Lipinski definition) is 5. The molecule has 4 amide bonds. The topological polar surface area (TPSA) is 82.3 Å². The average Bonchev–Trinajstić information content (AvgIpc) is 2.63. The number of carbonyl (C=O) groups excluding carboxylic acids is 3. The molecule has 3 rings (SSSR count). The van der Waals surface area contributed by atoms with Crippen LogP contribution in [0.5, 0.6) is 0 Å². The summed E-state index contributed by atoms with van der Waals surface area (Å²) in [6.45, 7) is 1.12. The highest BCUT2D eigenvalue weighted by Gasteiger charge is 2.50. The normalized spacial score (nSPS) is 24.1. The molecule has 3 aliphatic rings. The minimum atomic E-state index is -0.781. The number of allylic oxidation sites excluding steroid dienone is 1. The third-order valence-electron chi connectivity index (χ3n) is 4.60. The van der Waals surface area contributed by atoms with Crippen molar-refractivity contribution in [1.82, 2.24) is 9.80 Å². The molecule has 1 fully saturated rings. The van der Waals surface area contributed by atoms with Gasteiger partial charge in [0.05, 0.1) is 14.2 Å². The van der Waals surface area contributed by atoms with E-state index in [-0.39, 0.29) is 12.5 Å². The van der Waals surface area contributed by atoms with Gasteiger partial charge in [-0.15, -0.1) is 4.99 Å². The van der Waals surface area contributed by atoms with Crippen molar-refractivity contribution in [3.63, 3.8) is 0 Å². The first-order valence-electron chi connectivity index (χ1n) is 8.06. The maximum Gasteiger partial charge on any atom is 0.446 e. The smallest absolute Gasteiger partial charge is 0.446 e. The van der Waals surface area contributed by atoms with Crippen LogP contribution in [0.4, 0.5) is 4.79 Å². The zero-order valence-electron chi connectivity index (χ0n) is 13.9. The van der Waals surface area contributed by atoms with Crippen LogP contribution in [0.25, 0.3) is 0 Å². The lowest BCUT2D eigenvalue weighted by atomic mass is 9.99. The van der Waals surface area contributed by atoms with E-state index in [1.165, 1.54) is 17.9 Å². The van der Waals surface area contributed by atoms with Crippen molar-refractivity contribution in [3.05, 3.63) is 11.8 Å². The maximum atomic E-state index is 12.8. The van der Waals surface area contributed by atoms with Crippen LogP contribution >= 0.6 is 0 Å². The van der Waals surface area contributed by atoms with E-state index >= 15 is 0 Å². The molecule has 1 unspecified atom stereocenters. The molecule has 1 saturated heterocycles. The molecule has 3 aliphatic heterocycles. The molecule has 0 aromatic carbocycles. The van der Waals surface area contributed by atoms with Crippen LogP contribution in [-0.2, 0) is 14.3 Å². The highest BCUT2D eigenvalue weighted by atomic mass is 16.5. The second-order valence-electron chi connectivity index (χ2n) is 6.05. The van der Waals surface area contributed by atoms with Crippen LogP contribution in [0.2, 0.25) is 0 Å². The third kappa shape index (κ3) is 2.72. The van der Waals surface area contributed by atoms with Crippen molar-refractivity contribution in [2.45, 2.75) is 19.3 Å². The molecule has 0 aromatic rings. The largest absolute Gasteiger partial charge is 0.499 e. The molecule has 24 heavy (non-hydrogen) atoms. The van der Waals surface area contributed by atoms with Crippen LogP contribution in [0.15, 0.2) is 16.8 Å². The number of amidine groups is 1. The molecule has 128 valence electrons. The second-order valence-corrected chi connectivity index (χ2v) is 6.05. The Hall–Kier alpha value is -2.51. The standard InChI is InChI=1S/C16H21N4O4/c1-18-14-13(11(24-2)6-7-17-14)15(22)20(16(18)23)10-12(21)19-8-4-3-5-9-19/h6-7,13H,3-5,8-10H2,1-2H3/q+1. The molecule has 3 heterocycles. The van der Waals surface area contributed by atoms with E-state index < -0.39 is 17.9 Å². The van der Waals surface area contributed by atoms with Gasteiger partial charge in [-0.05, 0) is 19.3 Å². The number of ether oxygens (including phenoxy) is 1. The van der Waals surface area contributed by atoms with Crippen molar-refractivity contribution in [2.24, 2.45) is 10.9 Å². The van der Waals surface area contributed by atoms with Gasteiger partial charge in [-0.1, -0.05) is 0 Å². The summed E-state index contributed by atoms with van der Waals surface area (Å²) in [7, 11) is 3.01. The third-order valence-corrected chi connectivity index (χ3v) is 4.60. The summed E-state index contributed by atoms with van der Waals surface area (Å²) in [4.78, 5) is 44.6. The van der Waals surface area contributed by atoms with Gasteiger partial charge < -0.3 is 9.64 Å². The molecule has 0 aromatic heterocycles. The van der Waals surface area contributed by atoms with Crippen molar-refractivity contribution in [1.29, 1.82) is 0 Å². The molecule has 8 nitrogen and oxygen atoms in total. The van der Waals surface area contributed by atoms with Crippen molar-refractivity contribution >= 4 is 29.9 Å². The summed E-state index contributed by atoms with van der Waals surface area (Å²) in [5.74, 6) is -0.707. The number of amides is 4. The molecular weight excluding hydrogens is 312 g/mol. The molecule has 8 heteroatoms. The van der Waals surface area contributed by atoms with Gasteiger partial charge >= 0.3 is 11.9 Å². The number of dihydropyridines is 1. The van der Waals surface area contributed by atoms with Crippen molar-refractivity contribution in [3.8, 4) is 0 Å². The summed E-state index contributed by atoms with van der Waals surface area (Å²) in [5, 5.41) is 0. The fourth-order valence-corrected chi connectivity index (χ4v) is 3.24. The van der Waals surface area contributed by atoms with Crippen LogP contribution < -0.4 is 0 Å². The molecule has 0 aliphatic carbocycles. The first-order valence-corrected chi connectivity index (χ1v) is 8.06. The first-order chi connectivity index (χ1) is 11.5. The van der Waals surface area contributed by atoms with Crippen LogP contribution in [0, 0.1) is 5.92 Å². The lowest BCUT2D eigenvalue weighted by Gasteiger charge is -2.30. The van der Waals surface area contributed by atoms with Crippen molar-refractivity contribution in [2.75, 3.05) is 33.8 Å². The highest BCUT2D eigenvalue weighted by molar-refractivity contribution is 6.16. The Bertz CT molecular complexity index is 674. The van der Waals surface area contributed by atoms with E-state index in [9.17, 15) is 14.4 Å². The van der Waals surface area contributed by atoms with E-state index in [2.05, 4.69) is 4.99 Å². The molecule has 1 atom stereocenters. The molecule has 0 bridgehead atoms. The number of urea groups is 1. The van der Waals surface area contributed by atoms with E-state index in [0.717, 1.165) is 24.2 Å². The van der Waals surface area contributed by atoms with Crippen LogP contribution in [-0.4, -0.2) is 78.1 Å². The number of piperidine rings is 1. The Labute approximate surface area is 140 Å². The van der Waals surface area contributed by atoms with Crippen molar-refractivity contribution < 1.29 is 23.7 Å². The number of imide groups is 1. The summed E-state index contributed by atoms with van der Waals surface area (Å²) < 4.78 is 6.56. The average molecular weight is 333 g/mol. The highest BCUT2D eigenvalue weighted by Crippen LogP contribution is 2.24. The van der Waals surface area contributed by atoms with Gasteiger partial charge in [-0.3, -0.25) is 9.59 Å². The zero-order valence-corrected chi connectivity index (χ0v) is 13.9. The number of rotatable bonds is 3. The molecule has 0 radical (unpaired) electrons. The Morgan fingerprint density at radius 3 is 2.71 bits per heavy atom. The fraction of sp³-hybridized carbons (Fsp3) is 0.562. The van der Waals surface area contributed by atoms with Gasteiger partial charge in [-0.2, -0.15) is 9.48 Å². The maximum absolute atomic E-state index is 12.8. The number of methoxy groups -OCH3 is 1. The minimum Gasteiger partial charge on any atom is -0.499 e. The van der Waals surface area contributed by atoms with Gasteiger partial charge in [0.25, 0.3) is 11.7 Å². The Morgan fingerprint density at radius 1 is 1.33 bits per heavy atom. The molecule has 0 N–H and O–H groups in total. The number of carbonyl (C=O) groups is 3. The monoisotopic (exact) mass is 333 g/mol. The summed E-state index contributed by atoms with van der Waals surface area (Å²) in [6.07, 6.45) is 6.11. The van der Waals surface area contributed by atoms with Gasteiger partial charge in [0, 0.05) is 19.2 Å². The number of nitrogens with zero attached hydrogens (tertiary/aromatic N) is 4. The number of fused-ring (bicyclic) bond motifs is 1. The van der Waals surface area contributed by atoms with Gasteiger partial charge in [0.15, 0.2) is 12.5 Å². The zero-order chi connectivity index (χ0) is 17.3. The van der Waals surface area contributed by atoms with Gasteiger partial charge in [0.1, 0.15) is 12.0 Å². The minimum absolute atomic E-state index is 0.199.